The molecule has 0 amide bonds. The minimum atomic E-state index is -0.688. The third-order valence-corrected chi connectivity index (χ3v) is 4.80. The maximum atomic E-state index is 11.2. The topological polar surface area (TPSA) is 40.5 Å². The standard InChI is InChI=1S/C14H17BrClNO2/c1-9-12(14(18)19)3-2-6-17(9)8-10-4-5-11(16)7-13(10)15/h4-5,7,9,12H,2-3,6,8H2,1H3,(H,18,19)/t9-,12-/m1/s1. The van der Waals surface area contributed by atoms with Crippen LogP contribution >= 0.6 is 27.5 Å². The second-order valence-electron chi connectivity index (χ2n) is 5.03. The molecule has 0 unspecified atom stereocenters. The fraction of sp³-hybridized carbons (Fsp3) is 0.500. The zero-order valence-corrected chi connectivity index (χ0v) is 13.1. The van der Waals surface area contributed by atoms with Crippen LogP contribution in [0.15, 0.2) is 22.7 Å². The molecule has 1 fully saturated rings. The van der Waals surface area contributed by atoms with Crippen molar-refractivity contribution >= 4 is 33.5 Å². The largest absolute Gasteiger partial charge is 0.481 e. The first-order valence-corrected chi connectivity index (χ1v) is 7.57. The van der Waals surface area contributed by atoms with Gasteiger partial charge in [0.2, 0.25) is 0 Å². The number of hydrogen-bond donors (Lipinski definition) is 1. The summed E-state index contributed by atoms with van der Waals surface area (Å²) in [5.41, 5.74) is 1.14. The van der Waals surface area contributed by atoms with Crippen molar-refractivity contribution in [2.24, 2.45) is 5.92 Å². The van der Waals surface area contributed by atoms with Gasteiger partial charge in [-0.05, 0) is 44.0 Å². The lowest BCUT2D eigenvalue weighted by Crippen LogP contribution is -2.45. The van der Waals surface area contributed by atoms with E-state index in [1.807, 2.05) is 25.1 Å². The van der Waals surface area contributed by atoms with Gasteiger partial charge in [0.15, 0.2) is 0 Å². The SMILES string of the molecule is C[C@@H]1[C@H](C(=O)O)CCCN1Cc1ccc(Cl)cc1Br. The van der Waals surface area contributed by atoms with Gasteiger partial charge < -0.3 is 5.11 Å². The van der Waals surface area contributed by atoms with Gasteiger partial charge in [0.1, 0.15) is 0 Å². The van der Waals surface area contributed by atoms with Crippen molar-refractivity contribution in [2.45, 2.75) is 32.4 Å². The minimum Gasteiger partial charge on any atom is -0.481 e. The van der Waals surface area contributed by atoms with E-state index in [1.54, 1.807) is 0 Å². The van der Waals surface area contributed by atoms with Crippen LogP contribution in [-0.4, -0.2) is 28.6 Å². The van der Waals surface area contributed by atoms with E-state index in [-0.39, 0.29) is 12.0 Å². The molecule has 1 aliphatic heterocycles. The summed E-state index contributed by atoms with van der Waals surface area (Å²) in [6, 6.07) is 5.79. The Morgan fingerprint density at radius 2 is 2.32 bits per heavy atom. The Balaban J connectivity index is 2.11. The molecule has 1 aromatic rings. The van der Waals surface area contributed by atoms with E-state index >= 15 is 0 Å². The smallest absolute Gasteiger partial charge is 0.308 e. The summed E-state index contributed by atoms with van der Waals surface area (Å²) in [7, 11) is 0. The molecule has 0 spiro atoms. The van der Waals surface area contributed by atoms with E-state index in [0.717, 1.165) is 36.0 Å². The van der Waals surface area contributed by atoms with Crippen LogP contribution in [-0.2, 0) is 11.3 Å². The van der Waals surface area contributed by atoms with Crippen molar-refractivity contribution in [1.29, 1.82) is 0 Å². The van der Waals surface area contributed by atoms with E-state index in [9.17, 15) is 9.90 Å². The number of benzene rings is 1. The van der Waals surface area contributed by atoms with E-state index < -0.39 is 5.97 Å². The van der Waals surface area contributed by atoms with Crippen LogP contribution in [0.25, 0.3) is 0 Å². The van der Waals surface area contributed by atoms with Crippen LogP contribution in [0.2, 0.25) is 5.02 Å². The molecular weight excluding hydrogens is 330 g/mol. The van der Waals surface area contributed by atoms with Gasteiger partial charge in [0.05, 0.1) is 5.92 Å². The van der Waals surface area contributed by atoms with Crippen LogP contribution in [0.5, 0.6) is 0 Å². The van der Waals surface area contributed by atoms with Gasteiger partial charge in [-0.15, -0.1) is 0 Å². The number of aliphatic carboxylic acids is 1. The zero-order valence-electron chi connectivity index (χ0n) is 10.8. The molecule has 1 N–H and O–H groups in total. The van der Waals surface area contributed by atoms with Gasteiger partial charge in [-0.1, -0.05) is 33.6 Å². The highest BCUT2D eigenvalue weighted by Crippen LogP contribution is 2.28. The van der Waals surface area contributed by atoms with Crippen molar-refractivity contribution < 1.29 is 9.90 Å². The monoisotopic (exact) mass is 345 g/mol. The number of carboxylic acids is 1. The molecule has 104 valence electrons. The minimum absolute atomic E-state index is 0.0637. The third-order valence-electron chi connectivity index (χ3n) is 3.82. The van der Waals surface area contributed by atoms with Crippen LogP contribution in [0.1, 0.15) is 25.3 Å². The molecule has 2 rings (SSSR count). The molecule has 0 radical (unpaired) electrons. The second-order valence-corrected chi connectivity index (χ2v) is 6.32. The van der Waals surface area contributed by atoms with Gasteiger partial charge in [-0.2, -0.15) is 0 Å². The molecule has 1 saturated heterocycles. The number of piperidine rings is 1. The highest BCUT2D eigenvalue weighted by atomic mass is 79.9. The maximum absolute atomic E-state index is 11.2. The van der Waals surface area contributed by atoms with Crippen molar-refractivity contribution in [3.8, 4) is 0 Å². The summed E-state index contributed by atoms with van der Waals surface area (Å²) in [6.07, 6.45) is 1.71. The molecule has 0 saturated carbocycles. The molecular formula is C14H17BrClNO2. The molecule has 19 heavy (non-hydrogen) atoms. The molecule has 1 aliphatic rings. The quantitative estimate of drug-likeness (QED) is 0.905. The zero-order chi connectivity index (χ0) is 14.0. The summed E-state index contributed by atoms with van der Waals surface area (Å²) < 4.78 is 0.977. The first kappa shape index (κ1) is 14.8. The van der Waals surface area contributed by atoms with Crippen molar-refractivity contribution in [3.05, 3.63) is 33.3 Å². The highest BCUT2D eigenvalue weighted by molar-refractivity contribution is 9.10. The summed E-state index contributed by atoms with van der Waals surface area (Å²) in [5.74, 6) is -0.952. The van der Waals surface area contributed by atoms with Gasteiger partial charge in [-0.3, -0.25) is 9.69 Å². The predicted molar refractivity (Wildman–Crippen MR) is 79.4 cm³/mol. The molecule has 0 bridgehead atoms. The molecule has 0 aromatic heterocycles. The second kappa shape index (κ2) is 6.25. The summed E-state index contributed by atoms with van der Waals surface area (Å²) in [5, 5.41) is 9.93. The number of halogens is 2. The summed E-state index contributed by atoms with van der Waals surface area (Å²) in [4.78, 5) is 13.5. The average Bonchev–Trinajstić information content (AvgIpc) is 2.34. The number of carbonyl (C=O) groups is 1. The fourth-order valence-electron chi connectivity index (χ4n) is 2.64. The highest BCUT2D eigenvalue weighted by Gasteiger charge is 2.32. The molecule has 0 aliphatic carbocycles. The lowest BCUT2D eigenvalue weighted by Gasteiger charge is -2.37. The van der Waals surface area contributed by atoms with Crippen molar-refractivity contribution in [1.82, 2.24) is 4.90 Å². The Morgan fingerprint density at radius 1 is 1.58 bits per heavy atom. The van der Waals surface area contributed by atoms with Crippen molar-refractivity contribution in [2.75, 3.05) is 6.54 Å². The van der Waals surface area contributed by atoms with Gasteiger partial charge in [0.25, 0.3) is 0 Å². The Morgan fingerprint density at radius 3 is 2.95 bits per heavy atom. The Kier molecular flexibility index (Phi) is 4.87. The van der Waals surface area contributed by atoms with Crippen LogP contribution in [0.3, 0.4) is 0 Å². The van der Waals surface area contributed by atoms with Crippen LogP contribution < -0.4 is 0 Å². The number of rotatable bonds is 3. The molecule has 1 heterocycles. The first-order valence-electron chi connectivity index (χ1n) is 6.40. The molecule has 2 atom stereocenters. The van der Waals surface area contributed by atoms with Gasteiger partial charge in [-0.25, -0.2) is 0 Å². The number of nitrogens with zero attached hydrogens (tertiary/aromatic N) is 1. The Hall–Kier alpha value is -0.580. The predicted octanol–water partition coefficient (Wildman–Crippen LogP) is 3.79. The Labute approximate surface area is 126 Å². The maximum Gasteiger partial charge on any atom is 0.308 e. The van der Waals surface area contributed by atoms with E-state index in [1.165, 1.54) is 0 Å². The lowest BCUT2D eigenvalue weighted by atomic mass is 9.90. The van der Waals surface area contributed by atoms with Crippen LogP contribution in [0, 0.1) is 5.92 Å². The number of carboxylic acid groups (broad SMARTS) is 1. The van der Waals surface area contributed by atoms with Gasteiger partial charge in [0, 0.05) is 22.1 Å². The third kappa shape index (κ3) is 3.50. The van der Waals surface area contributed by atoms with Gasteiger partial charge >= 0.3 is 5.97 Å². The summed E-state index contributed by atoms with van der Waals surface area (Å²) in [6.45, 7) is 3.70. The lowest BCUT2D eigenvalue weighted by molar-refractivity contribution is -0.145. The van der Waals surface area contributed by atoms with Crippen LogP contribution in [0.4, 0.5) is 0 Å². The molecule has 3 nitrogen and oxygen atoms in total. The summed E-state index contributed by atoms with van der Waals surface area (Å²) >= 11 is 9.44. The van der Waals surface area contributed by atoms with E-state index in [0.29, 0.717) is 5.02 Å². The average molecular weight is 347 g/mol. The van der Waals surface area contributed by atoms with E-state index in [4.69, 9.17) is 11.6 Å². The van der Waals surface area contributed by atoms with Crippen molar-refractivity contribution in [3.63, 3.8) is 0 Å². The molecule has 5 heteroatoms. The first-order chi connectivity index (χ1) is 8.99. The fourth-order valence-corrected chi connectivity index (χ4v) is 3.44. The number of hydrogen-bond acceptors (Lipinski definition) is 2. The Bertz CT molecular complexity index is 481. The van der Waals surface area contributed by atoms with E-state index in [2.05, 4.69) is 20.8 Å². The molecule has 1 aromatic carbocycles. The normalized spacial score (nSPS) is 24.4. The number of likely N-dealkylation sites (tertiary alicyclic amines) is 1.